The molecule has 1 aromatic rings. The van der Waals surface area contributed by atoms with Crippen molar-refractivity contribution in [1.82, 2.24) is 0 Å². The molecule has 1 N–H and O–H groups in total. The normalized spacial score (nSPS) is 18.2. The summed E-state index contributed by atoms with van der Waals surface area (Å²) in [4.78, 5) is 0. The zero-order chi connectivity index (χ0) is 13.2. The van der Waals surface area contributed by atoms with Gasteiger partial charge in [0.05, 0.1) is 5.75 Å². The van der Waals surface area contributed by atoms with E-state index >= 15 is 0 Å². The number of aliphatic hydroxyl groups is 1. The summed E-state index contributed by atoms with van der Waals surface area (Å²) < 4.78 is 33.2. The maximum absolute atomic E-state index is 11.3. The van der Waals surface area contributed by atoms with Crippen molar-refractivity contribution >= 4 is 9.84 Å². The monoisotopic (exact) mass is 272 g/mol. The predicted octanol–water partition coefficient (Wildman–Crippen LogP) is 0.926. The van der Waals surface area contributed by atoms with Crippen LogP contribution in [-0.4, -0.2) is 38.2 Å². The third-order valence-corrected chi connectivity index (χ3v) is 4.51. The number of fused-ring (bicyclic) bond motifs is 1. The molecule has 1 aromatic carbocycles. The van der Waals surface area contributed by atoms with Crippen molar-refractivity contribution < 1.29 is 23.0 Å². The Morgan fingerprint density at radius 2 is 2.28 bits per heavy atom. The summed E-state index contributed by atoms with van der Waals surface area (Å²) in [6.07, 6.45) is -0.588. The molecular weight excluding hydrogens is 256 g/mol. The van der Waals surface area contributed by atoms with Gasteiger partial charge in [-0.25, -0.2) is 8.42 Å². The van der Waals surface area contributed by atoms with Crippen LogP contribution >= 0.6 is 0 Å². The minimum atomic E-state index is -3.01. The van der Waals surface area contributed by atoms with Gasteiger partial charge < -0.3 is 14.6 Å². The lowest BCUT2D eigenvalue weighted by Gasteiger charge is -2.07. The number of hydrogen-bond donors (Lipinski definition) is 1. The highest BCUT2D eigenvalue weighted by Gasteiger charge is 2.22. The molecule has 0 saturated carbocycles. The van der Waals surface area contributed by atoms with Crippen LogP contribution in [0, 0.1) is 0 Å². The first-order chi connectivity index (χ1) is 8.52. The van der Waals surface area contributed by atoms with Crippen LogP contribution in [0.2, 0.25) is 0 Å². The van der Waals surface area contributed by atoms with Gasteiger partial charge in [-0.05, 0) is 12.1 Å². The second-order valence-corrected chi connectivity index (χ2v) is 6.58. The van der Waals surface area contributed by atoms with Crippen LogP contribution in [0.25, 0.3) is 0 Å². The van der Waals surface area contributed by atoms with Crippen LogP contribution in [-0.2, 0) is 9.84 Å². The van der Waals surface area contributed by atoms with Gasteiger partial charge in [0.15, 0.2) is 9.84 Å². The van der Waals surface area contributed by atoms with Gasteiger partial charge in [0.1, 0.15) is 30.8 Å². The van der Waals surface area contributed by atoms with Crippen LogP contribution in [0.3, 0.4) is 0 Å². The summed E-state index contributed by atoms with van der Waals surface area (Å²) in [5, 5.41) is 9.54. The quantitative estimate of drug-likeness (QED) is 0.863. The second kappa shape index (κ2) is 5.16. The Labute approximate surface area is 106 Å². The molecule has 18 heavy (non-hydrogen) atoms. The molecule has 0 aliphatic carbocycles. The van der Waals surface area contributed by atoms with E-state index in [1.165, 1.54) is 0 Å². The first-order valence-electron chi connectivity index (χ1n) is 5.80. The number of aliphatic hydroxyl groups excluding tert-OH is 1. The number of rotatable bonds is 5. The van der Waals surface area contributed by atoms with E-state index in [-0.39, 0.29) is 24.7 Å². The highest BCUT2D eigenvalue weighted by molar-refractivity contribution is 7.91. The third-order valence-electron chi connectivity index (χ3n) is 2.84. The second-order valence-electron chi connectivity index (χ2n) is 4.11. The van der Waals surface area contributed by atoms with Gasteiger partial charge in [-0.1, -0.05) is 6.92 Å². The molecular formula is C12H16O5S. The lowest BCUT2D eigenvalue weighted by Crippen LogP contribution is -2.15. The molecule has 0 spiro atoms. The Morgan fingerprint density at radius 3 is 3.00 bits per heavy atom. The molecule has 100 valence electrons. The van der Waals surface area contributed by atoms with Gasteiger partial charge in [0.2, 0.25) is 0 Å². The summed E-state index contributed by atoms with van der Waals surface area (Å²) in [5.74, 6) is 1.27. The number of benzene rings is 1. The average Bonchev–Trinajstić information content (AvgIpc) is 2.71. The lowest BCUT2D eigenvalue weighted by molar-refractivity contribution is 0.140. The Kier molecular flexibility index (Phi) is 3.77. The van der Waals surface area contributed by atoms with Crippen molar-refractivity contribution in [2.75, 3.05) is 24.7 Å². The van der Waals surface area contributed by atoms with Gasteiger partial charge in [0, 0.05) is 17.4 Å². The fraction of sp³-hybridized carbons (Fsp3) is 0.500. The van der Waals surface area contributed by atoms with E-state index in [0.717, 1.165) is 5.56 Å². The summed E-state index contributed by atoms with van der Waals surface area (Å²) in [5.41, 5.74) is 0.739. The summed E-state index contributed by atoms with van der Waals surface area (Å²) >= 11 is 0. The van der Waals surface area contributed by atoms with Gasteiger partial charge in [-0.2, -0.15) is 0 Å². The van der Waals surface area contributed by atoms with E-state index in [0.29, 0.717) is 11.5 Å². The predicted molar refractivity (Wildman–Crippen MR) is 66.7 cm³/mol. The molecule has 0 radical (unpaired) electrons. The van der Waals surface area contributed by atoms with Gasteiger partial charge in [-0.3, -0.25) is 0 Å². The van der Waals surface area contributed by atoms with Crippen LogP contribution in [0.15, 0.2) is 18.2 Å². The minimum Gasteiger partial charge on any atom is -0.492 e. The number of sulfone groups is 1. The number of ether oxygens (including phenoxy) is 2. The highest BCUT2D eigenvalue weighted by Crippen LogP contribution is 2.34. The summed E-state index contributed by atoms with van der Waals surface area (Å²) in [6, 6.07) is 5.11. The highest BCUT2D eigenvalue weighted by atomic mass is 32.2. The van der Waals surface area contributed by atoms with Crippen LogP contribution < -0.4 is 9.47 Å². The first-order valence-corrected chi connectivity index (χ1v) is 7.62. The van der Waals surface area contributed by atoms with E-state index in [9.17, 15) is 13.5 Å². The summed E-state index contributed by atoms with van der Waals surface area (Å²) in [6.45, 7) is 1.99. The molecule has 0 fully saturated rings. The Morgan fingerprint density at radius 1 is 1.50 bits per heavy atom. The molecule has 0 aromatic heterocycles. The molecule has 1 aliphatic heterocycles. The molecule has 0 saturated heterocycles. The molecule has 6 heteroatoms. The standard InChI is InChI=1S/C12H16O5S/c1-2-18(14,15)6-5-16-9-3-4-10-11(13)8-17-12(10)7-9/h3-4,7,11,13H,2,5-6,8H2,1H3. The molecule has 5 nitrogen and oxygen atoms in total. The minimum absolute atomic E-state index is 0.00403. The van der Waals surface area contributed by atoms with Crippen molar-refractivity contribution in [3.8, 4) is 11.5 Å². The topological polar surface area (TPSA) is 72.8 Å². The van der Waals surface area contributed by atoms with Gasteiger partial charge in [0.25, 0.3) is 0 Å². The maximum atomic E-state index is 11.3. The molecule has 1 unspecified atom stereocenters. The van der Waals surface area contributed by atoms with Crippen LogP contribution in [0.5, 0.6) is 11.5 Å². The zero-order valence-corrected chi connectivity index (χ0v) is 10.9. The molecule has 1 aliphatic rings. The Hall–Kier alpha value is -1.27. The largest absolute Gasteiger partial charge is 0.492 e. The van der Waals surface area contributed by atoms with Crippen molar-refractivity contribution in [2.24, 2.45) is 0 Å². The Bertz CT molecular complexity index is 523. The van der Waals surface area contributed by atoms with Crippen molar-refractivity contribution in [1.29, 1.82) is 0 Å². The SMILES string of the molecule is CCS(=O)(=O)CCOc1ccc2c(c1)OCC2O. The Balaban J connectivity index is 1.96. The van der Waals surface area contributed by atoms with E-state index in [1.807, 2.05) is 0 Å². The first kappa shape index (κ1) is 13.2. The number of hydrogen-bond acceptors (Lipinski definition) is 5. The fourth-order valence-corrected chi connectivity index (χ4v) is 2.32. The lowest BCUT2D eigenvalue weighted by atomic mass is 10.1. The zero-order valence-electron chi connectivity index (χ0n) is 10.1. The molecule has 1 atom stereocenters. The summed E-state index contributed by atoms with van der Waals surface area (Å²) in [7, 11) is -3.01. The van der Waals surface area contributed by atoms with Crippen LogP contribution in [0.4, 0.5) is 0 Å². The van der Waals surface area contributed by atoms with E-state index < -0.39 is 15.9 Å². The van der Waals surface area contributed by atoms with E-state index in [4.69, 9.17) is 9.47 Å². The van der Waals surface area contributed by atoms with Gasteiger partial charge in [-0.15, -0.1) is 0 Å². The molecule has 1 heterocycles. The van der Waals surface area contributed by atoms with E-state index in [1.54, 1.807) is 25.1 Å². The molecule has 2 rings (SSSR count). The average molecular weight is 272 g/mol. The smallest absolute Gasteiger partial charge is 0.153 e. The fourth-order valence-electron chi connectivity index (χ4n) is 1.69. The molecule has 0 bridgehead atoms. The van der Waals surface area contributed by atoms with Crippen molar-refractivity contribution in [2.45, 2.75) is 13.0 Å². The van der Waals surface area contributed by atoms with Crippen LogP contribution in [0.1, 0.15) is 18.6 Å². The van der Waals surface area contributed by atoms with Crippen molar-refractivity contribution in [3.63, 3.8) is 0 Å². The third kappa shape index (κ3) is 2.94. The van der Waals surface area contributed by atoms with Gasteiger partial charge >= 0.3 is 0 Å². The van der Waals surface area contributed by atoms with E-state index in [2.05, 4.69) is 0 Å². The molecule has 0 amide bonds. The maximum Gasteiger partial charge on any atom is 0.153 e. The van der Waals surface area contributed by atoms with Crippen molar-refractivity contribution in [3.05, 3.63) is 23.8 Å².